The Kier molecular flexibility index (Phi) is 5.22. The van der Waals surface area contributed by atoms with E-state index in [2.05, 4.69) is 30.7 Å². The average Bonchev–Trinajstić information content (AvgIpc) is 2.80. The molecule has 9 heteroatoms. The minimum absolute atomic E-state index is 0.0147. The third-order valence-corrected chi connectivity index (χ3v) is 6.02. The summed E-state index contributed by atoms with van der Waals surface area (Å²) in [5.74, 6) is -0.353. The van der Waals surface area contributed by atoms with Gasteiger partial charge in [-0.3, -0.25) is 4.79 Å². The lowest BCUT2D eigenvalue weighted by atomic mass is 9.87. The zero-order chi connectivity index (χ0) is 22.5. The lowest BCUT2D eigenvalue weighted by Crippen LogP contribution is -2.43. The first-order chi connectivity index (χ1) is 13.7. The third kappa shape index (κ3) is 3.94. The van der Waals surface area contributed by atoms with E-state index in [9.17, 15) is 18.0 Å². The van der Waals surface area contributed by atoms with Crippen LogP contribution in [-0.4, -0.2) is 47.0 Å². The smallest absolute Gasteiger partial charge is 0.304 e. The first kappa shape index (κ1) is 21.9. The van der Waals surface area contributed by atoms with Gasteiger partial charge in [-0.15, -0.1) is 0 Å². The zero-order valence-electron chi connectivity index (χ0n) is 18.0. The molecular weight excluding hydrogens is 404 g/mol. The van der Waals surface area contributed by atoms with Crippen LogP contribution < -0.4 is 4.90 Å². The van der Waals surface area contributed by atoms with Gasteiger partial charge in [0.05, 0.1) is 17.9 Å². The molecule has 0 bridgehead atoms. The Morgan fingerprint density at radius 3 is 2.17 bits per heavy atom. The van der Waals surface area contributed by atoms with Gasteiger partial charge in [-0.1, -0.05) is 32.9 Å². The number of amides is 3. The highest BCUT2D eigenvalue weighted by Gasteiger charge is 2.51. The van der Waals surface area contributed by atoms with Crippen LogP contribution in [0.5, 0.6) is 0 Å². The molecule has 3 rings (SSSR count). The van der Waals surface area contributed by atoms with Crippen molar-refractivity contribution in [3.63, 3.8) is 0 Å². The number of carbonyl (C=O) groups is 2. The summed E-state index contributed by atoms with van der Waals surface area (Å²) in [7, 11) is -3.58. The minimum atomic E-state index is -3.58. The maximum absolute atomic E-state index is 13.2. The van der Waals surface area contributed by atoms with Crippen molar-refractivity contribution in [1.29, 1.82) is 0 Å². The molecule has 1 aliphatic rings. The number of hydrogen-bond acceptors (Lipinski definition) is 6. The molecule has 1 fully saturated rings. The number of benzene rings is 1. The summed E-state index contributed by atoms with van der Waals surface area (Å²) in [6.07, 6.45) is 2.35. The molecule has 160 valence electrons. The van der Waals surface area contributed by atoms with Crippen molar-refractivity contribution in [2.75, 3.05) is 11.2 Å². The molecular formula is C21H26N4O4S. The van der Waals surface area contributed by atoms with E-state index in [-0.39, 0.29) is 23.0 Å². The fourth-order valence-electron chi connectivity index (χ4n) is 3.24. The molecule has 1 saturated heterocycles. The minimum Gasteiger partial charge on any atom is -0.304 e. The standard InChI is InChI=1S/C21H26N4O4S/c1-20(2,3)14-7-9-16(10-8-14)25-17(26)21(4,5)24(19(25)27)13-15-11-12-22-18(23-15)30(6,28)29/h7-12H,13H2,1-6H3. The Morgan fingerprint density at radius 1 is 1.03 bits per heavy atom. The number of imide groups is 1. The van der Waals surface area contributed by atoms with Gasteiger partial charge in [-0.25, -0.2) is 28.1 Å². The van der Waals surface area contributed by atoms with Gasteiger partial charge >= 0.3 is 6.03 Å². The van der Waals surface area contributed by atoms with E-state index in [1.165, 1.54) is 17.2 Å². The molecule has 0 atom stereocenters. The van der Waals surface area contributed by atoms with E-state index in [0.717, 1.165) is 16.7 Å². The first-order valence-corrected chi connectivity index (χ1v) is 11.4. The van der Waals surface area contributed by atoms with Crippen molar-refractivity contribution in [2.24, 2.45) is 0 Å². The highest BCUT2D eigenvalue weighted by molar-refractivity contribution is 7.90. The SMILES string of the molecule is CC(C)(C)c1ccc(N2C(=O)N(Cc3ccnc(S(C)(=O)=O)n3)C(C)(C)C2=O)cc1. The lowest BCUT2D eigenvalue weighted by molar-refractivity contribution is -0.123. The summed E-state index contributed by atoms with van der Waals surface area (Å²) >= 11 is 0. The van der Waals surface area contributed by atoms with E-state index >= 15 is 0 Å². The molecule has 0 aliphatic carbocycles. The van der Waals surface area contributed by atoms with E-state index in [0.29, 0.717) is 11.4 Å². The molecule has 0 saturated carbocycles. The Bertz CT molecular complexity index is 1100. The number of anilines is 1. The number of nitrogens with zero attached hydrogens (tertiary/aromatic N) is 4. The lowest BCUT2D eigenvalue weighted by Gasteiger charge is -2.27. The van der Waals surface area contributed by atoms with Crippen LogP contribution in [0.3, 0.4) is 0 Å². The van der Waals surface area contributed by atoms with Crippen molar-refractivity contribution < 1.29 is 18.0 Å². The van der Waals surface area contributed by atoms with Crippen LogP contribution in [0, 0.1) is 0 Å². The quantitative estimate of drug-likeness (QED) is 0.546. The molecule has 0 N–H and O–H groups in total. The van der Waals surface area contributed by atoms with Gasteiger partial charge in [-0.2, -0.15) is 0 Å². The van der Waals surface area contributed by atoms with Gasteiger partial charge in [0, 0.05) is 12.5 Å². The molecule has 1 aromatic carbocycles. The molecule has 1 aromatic heterocycles. The molecule has 2 heterocycles. The van der Waals surface area contributed by atoms with Crippen molar-refractivity contribution >= 4 is 27.5 Å². The van der Waals surface area contributed by atoms with Crippen molar-refractivity contribution in [2.45, 2.75) is 57.3 Å². The van der Waals surface area contributed by atoms with Gasteiger partial charge in [0.1, 0.15) is 5.54 Å². The van der Waals surface area contributed by atoms with Gasteiger partial charge in [0.25, 0.3) is 5.91 Å². The number of sulfone groups is 1. The predicted octanol–water partition coefficient (Wildman–Crippen LogP) is 2.93. The highest BCUT2D eigenvalue weighted by atomic mass is 32.2. The van der Waals surface area contributed by atoms with Crippen molar-refractivity contribution in [3.05, 3.63) is 47.8 Å². The molecule has 1 aliphatic heterocycles. The van der Waals surface area contributed by atoms with Crippen LogP contribution in [-0.2, 0) is 26.6 Å². The predicted molar refractivity (Wildman–Crippen MR) is 113 cm³/mol. The summed E-state index contributed by atoms with van der Waals surface area (Å²) < 4.78 is 23.5. The molecule has 3 amide bonds. The maximum Gasteiger partial charge on any atom is 0.332 e. The Balaban J connectivity index is 1.93. The van der Waals surface area contributed by atoms with Crippen LogP contribution >= 0.6 is 0 Å². The van der Waals surface area contributed by atoms with Crippen LogP contribution in [0.25, 0.3) is 0 Å². The second-order valence-electron chi connectivity index (χ2n) is 8.97. The Hall–Kier alpha value is -2.81. The van der Waals surface area contributed by atoms with Crippen LogP contribution in [0.15, 0.2) is 41.7 Å². The first-order valence-electron chi connectivity index (χ1n) is 9.51. The number of aromatic nitrogens is 2. The number of rotatable bonds is 4. The van der Waals surface area contributed by atoms with Crippen LogP contribution in [0.2, 0.25) is 0 Å². The van der Waals surface area contributed by atoms with Gasteiger partial charge in [-0.05, 0) is 43.0 Å². The van der Waals surface area contributed by atoms with E-state index in [4.69, 9.17) is 0 Å². The van der Waals surface area contributed by atoms with Gasteiger partial charge in [0.15, 0.2) is 0 Å². The maximum atomic E-state index is 13.2. The largest absolute Gasteiger partial charge is 0.332 e. The number of carbonyl (C=O) groups excluding carboxylic acids is 2. The van der Waals surface area contributed by atoms with Gasteiger partial charge < -0.3 is 4.90 Å². The Morgan fingerprint density at radius 2 is 1.63 bits per heavy atom. The normalized spacial score (nSPS) is 17.0. The van der Waals surface area contributed by atoms with Crippen LogP contribution in [0.1, 0.15) is 45.9 Å². The van der Waals surface area contributed by atoms with Crippen LogP contribution in [0.4, 0.5) is 10.5 Å². The van der Waals surface area contributed by atoms with Gasteiger partial charge in [0.2, 0.25) is 15.0 Å². The fraction of sp³-hybridized carbons (Fsp3) is 0.429. The highest BCUT2D eigenvalue weighted by Crippen LogP contribution is 2.34. The molecule has 0 radical (unpaired) electrons. The number of urea groups is 1. The molecule has 0 spiro atoms. The summed E-state index contributed by atoms with van der Waals surface area (Å²) in [6.45, 7) is 9.58. The van der Waals surface area contributed by atoms with Crippen molar-refractivity contribution in [1.82, 2.24) is 14.9 Å². The second-order valence-corrected chi connectivity index (χ2v) is 10.9. The summed E-state index contributed by atoms with van der Waals surface area (Å²) in [6, 6.07) is 8.41. The summed E-state index contributed by atoms with van der Waals surface area (Å²) in [5, 5.41) is -0.314. The van der Waals surface area contributed by atoms with E-state index < -0.39 is 21.4 Å². The van der Waals surface area contributed by atoms with E-state index in [1.54, 1.807) is 26.0 Å². The molecule has 30 heavy (non-hydrogen) atoms. The van der Waals surface area contributed by atoms with E-state index in [1.807, 2.05) is 12.1 Å². The molecule has 8 nitrogen and oxygen atoms in total. The topological polar surface area (TPSA) is 101 Å². The Labute approximate surface area is 176 Å². The van der Waals surface area contributed by atoms with Crippen molar-refractivity contribution in [3.8, 4) is 0 Å². The second kappa shape index (κ2) is 7.16. The number of hydrogen-bond donors (Lipinski definition) is 0. The summed E-state index contributed by atoms with van der Waals surface area (Å²) in [5.41, 5.74) is 0.761. The average molecular weight is 431 g/mol. The third-order valence-electron chi connectivity index (χ3n) is 5.16. The zero-order valence-corrected chi connectivity index (χ0v) is 18.8. The summed E-state index contributed by atoms with van der Waals surface area (Å²) in [4.78, 5) is 36.6. The monoisotopic (exact) mass is 430 g/mol. The molecule has 0 unspecified atom stereocenters. The fourth-order valence-corrected chi connectivity index (χ4v) is 3.78. The molecule has 2 aromatic rings.